The monoisotopic (exact) mass is 341 g/mol. The first-order valence-electron chi connectivity index (χ1n) is 8.13. The van der Waals surface area contributed by atoms with E-state index < -0.39 is 5.91 Å². The number of carbonyl (C=O) groups is 1. The Kier molecular flexibility index (Phi) is 4.03. The maximum absolute atomic E-state index is 12.7. The largest absolute Gasteiger partial charge is 0.505 e. The van der Waals surface area contributed by atoms with Crippen LogP contribution in [0.4, 0.5) is 5.82 Å². The van der Waals surface area contributed by atoms with Crippen LogP contribution in [0.5, 0.6) is 5.75 Å². The van der Waals surface area contributed by atoms with Crippen LogP contribution in [0.25, 0.3) is 22.0 Å². The Morgan fingerprint density at radius 1 is 0.846 bits per heavy atom. The minimum atomic E-state index is -0.510. The van der Waals surface area contributed by atoms with E-state index in [4.69, 9.17) is 0 Å². The number of aromatic nitrogens is 2. The number of benzene rings is 2. The lowest BCUT2D eigenvalue weighted by Crippen LogP contribution is -2.15. The Labute approximate surface area is 150 Å². The summed E-state index contributed by atoms with van der Waals surface area (Å²) in [4.78, 5) is 21.2. The van der Waals surface area contributed by atoms with Crippen molar-refractivity contribution in [3.05, 3.63) is 84.7 Å². The van der Waals surface area contributed by atoms with Gasteiger partial charge >= 0.3 is 0 Å². The van der Waals surface area contributed by atoms with E-state index >= 15 is 0 Å². The predicted molar refractivity (Wildman–Crippen MR) is 101 cm³/mol. The van der Waals surface area contributed by atoms with E-state index in [1.807, 2.05) is 48.5 Å². The van der Waals surface area contributed by atoms with Crippen molar-refractivity contribution in [2.75, 3.05) is 5.32 Å². The third-order valence-corrected chi connectivity index (χ3v) is 4.05. The minimum absolute atomic E-state index is 0.0341. The number of hydrogen-bond donors (Lipinski definition) is 2. The van der Waals surface area contributed by atoms with Crippen LogP contribution in [0.15, 0.2) is 79.0 Å². The summed E-state index contributed by atoms with van der Waals surface area (Å²) in [7, 11) is 0. The SMILES string of the molecule is O=C(Nc1ccccn1)c1nc(-c2ccccc2)c2ccccc2c1O. The molecular formula is C21H15N3O2. The topological polar surface area (TPSA) is 75.1 Å². The molecule has 1 amide bonds. The number of aromatic hydroxyl groups is 1. The van der Waals surface area contributed by atoms with E-state index in [0.717, 1.165) is 10.9 Å². The van der Waals surface area contributed by atoms with Crippen molar-refractivity contribution in [3.8, 4) is 17.0 Å². The number of amides is 1. The van der Waals surface area contributed by atoms with Gasteiger partial charge in [-0.1, -0.05) is 60.7 Å². The predicted octanol–water partition coefficient (Wildman–Crippen LogP) is 4.25. The molecule has 2 N–H and O–H groups in total. The number of nitrogens with one attached hydrogen (secondary N) is 1. The van der Waals surface area contributed by atoms with Crippen molar-refractivity contribution < 1.29 is 9.90 Å². The maximum atomic E-state index is 12.7. The van der Waals surface area contributed by atoms with Crippen LogP contribution in [0.2, 0.25) is 0 Å². The number of rotatable bonds is 3. The third-order valence-electron chi connectivity index (χ3n) is 4.05. The normalized spacial score (nSPS) is 10.6. The summed E-state index contributed by atoms with van der Waals surface area (Å²) < 4.78 is 0. The standard InChI is InChI=1S/C21H15N3O2/c25-20-16-11-5-4-10-15(16)18(14-8-2-1-3-9-14)24-19(20)21(26)23-17-12-6-7-13-22-17/h1-13,25H,(H,22,23,26). The van der Waals surface area contributed by atoms with Gasteiger partial charge in [-0.05, 0) is 12.1 Å². The van der Waals surface area contributed by atoms with Crippen LogP contribution in [-0.4, -0.2) is 21.0 Å². The van der Waals surface area contributed by atoms with E-state index in [9.17, 15) is 9.90 Å². The maximum Gasteiger partial charge on any atom is 0.279 e. The molecule has 0 atom stereocenters. The highest BCUT2D eigenvalue weighted by Crippen LogP contribution is 2.34. The molecule has 5 nitrogen and oxygen atoms in total. The quantitative estimate of drug-likeness (QED) is 0.584. The van der Waals surface area contributed by atoms with E-state index in [1.165, 1.54) is 0 Å². The van der Waals surface area contributed by atoms with Crippen LogP contribution >= 0.6 is 0 Å². The van der Waals surface area contributed by atoms with Gasteiger partial charge in [0.2, 0.25) is 0 Å². The third kappa shape index (κ3) is 2.86. The summed E-state index contributed by atoms with van der Waals surface area (Å²) in [6, 6.07) is 22.1. The van der Waals surface area contributed by atoms with Gasteiger partial charge in [0.05, 0.1) is 5.69 Å². The lowest BCUT2D eigenvalue weighted by atomic mass is 10.0. The summed E-state index contributed by atoms with van der Waals surface area (Å²) >= 11 is 0. The van der Waals surface area contributed by atoms with Crippen LogP contribution in [0.1, 0.15) is 10.5 Å². The number of nitrogens with zero attached hydrogens (tertiary/aromatic N) is 2. The summed E-state index contributed by atoms with van der Waals surface area (Å²) in [5.41, 5.74) is 1.48. The molecule has 126 valence electrons. The van der Waals surface area contributed by atoms with Gasteiger partial charge in [0.25, 0.3) is 5.91 Å². The minimum Gasteiger partial charge on any atom is -0.505 e. The summed E-state index contributed by atoms with van der Waals surface area (Å²) in [5, 5.41) is 14.7. The van der Waals surface area contributed by atoms with Crippen LogP contribution in [0, 0.1) is 0 Å². The molecule has 0 saturated carbocycles. The first-order valence-corrected chi connectivity index (χ1v) is 8.13. The van der Waals surface area contributed by atoms with E-state index in [1.54, 1.807) is 30.5 Å². The fourth-order valence-corrected chi connectivity index (χ4v) is 2.84. The highest BCUT2D eigenvalue weighted by Gasteiger charge is 2.20. The van der Waals surface area contributed by atoms with Crippen molar-refractivity contribution in [2.24, 2.45) is 0 Å². The highest BCUT2D eigenvalue weighted by molar-refractivity contribution is 6.10. The molecule has 0 unspecified atom stereocenters. The van der Waals surface area contributed by atoms with Crippen molar-refractivity contribution >= 4 is 22.5 Å². The van der Waals surface area contributed by atoms with Gasteiger partial charge in [-0.25, -0.2) is 9.97 Å². The van der Waals surface area contributed by atoms with Crippen LogP contribution < -0.4 is 5.32 Å². The molecule has 0 aliphatic heterocycles. The summed E-state index contributed by atoms with van der Waals surface area (Å²) in [5.74, 6) is -0.258. The zero-order valence-corrected chi connectivity index (χ0v) is 13.8. The number of fused-ring (bicyclic) bond motifs is 1. The Morgan fingerprint density at radius 3 is 2.27 bits per heavy atom. The van der Waals surface area contributed by atoms with Crippen molar-refractivity contribution in [2.45, 2.75) is 0 Å². The molecule has 2 aromatic carbocycles. The number of anilines is 1. The van der Waals surface area contributed by atoms with Crippen molar-refractivity contribution in [3.63, 3.8) is 0 Å². The zero-order valence-electron chi connectivity index (χ0n) is 13.8. The fourth-order valence-electron chi connectivity index (χ4n) is 2.84. The van der Waals surface area contributed by atoms with E-state index in [2.05, 4.69) is 15.3 Å². The second-order valence-electron chi connectivity index (χ2n) is 5.74. The van der Waals surface area contributed by atoms with Crippen molar-refractivity contribution in [1.29, 1.82) is 0 Å². The number of carbonyl (C=O) groups excluding carboxylic acids is 1. The average molecular weight is 341 g/mol. The first kappa shape index (κ1) is 15.8. The van der Waals surface area contributed by atoms with Gasteiger partial charge in [0.15, 0.2) is 11.4 Å². The average Bonchev–Trinajstić information content (AvgIpc) is 2.70. The summed E-state index contributed by atoms with van der Waals surface area (Å²) in [6.45, 7) is 0. The van der Waals surface area contributed by atoms with Gasteiger partial charge in [0.1, 0.15) is 5.82 Å². The lowest BCUT2D eigenvalue weighted by Gasteiger charge is -2.12. The molecule has 0 bridgehead atoms. The molecule has 26 heavy (non-hydrogen) atoms. The molecule has 2 aromatic heterocycles. The second kappa shape index (κ2) is 6.64. The molecule has 0 saturated heterocycles. The smallest absolute Gasteiger partial charge is 0.279 e. The molecule has 4 rings (SSSR count). The highest BCUT2D eigenvalue weighted by atomic mass is 16.3. The molecule has 0 radical (unpaired) electrons. The summed E-state index contributed by atoms with van der Waals surface area (Å²) in [6.07, 6.45) is 1.58. The Morgan fingerprint density at radius 2 is 1.54 bits per heavy atom. The molecule has 0 aliphatic rings. The van der Waals surface area contributed by atoms with Crippen LogP contribution in [0.3, 0.4) is 0 Å². The molecule has 0 spiro atoms. The molecule has 5 heteroatoms. The molecule has 0 aliphatic carbocycles. The molecule has 2 heterocycles. The fraction of sp³-hybridized carbons (Fsp3) is 0. The van der Waals surface area contributed by atoms with Crippen molar-refractivity contribution in [1.82, 2.24) is 9.97 Å². The lowest BCUT2D eigenvalue weighted by molar-refractivity contribution is 0.101. The Balaban J connectivity index is 1.87. The molecule has 4 aromatic rings. The second-order valence-corrected chi connectivity index (χ2v) is 5.74. The number of pyridine rings is 2. The van der Waals surface area contributed by atoms with E-state index in [-0.39, 0.29) is 11.4 Å². The van der Waals surface area contributed by atoms with Gasteiger partial charge < -0.3 is 10.4 Å². The molecule has 0 fully saturated rings. The van der Waals surface area contributed by atoms with Gasteiger partial charge in [-0.3, -0.25) is 4.79 Å². The van der Waals surface area contributed by atoms with E-state index in [0.29, 0.717) is 16.9 Å². The Hall–Kier alpha value is -3.73. The van der Waals surface area contributed by atoms with Gasteiger partial charge in [-0.15, -0.1) is 0 Å². The van der Waals surface area contributed by atoms with Gasteiger partial charge in [-0.2, -0.15) is 0 Å². The number of hydrogen-bond acceptors (Lipinski definition) is 4. The van der Waals surface area contributed by atoms with Crippen LogP contribution in [-0.2, 0) is 0 Å². The van der Waals surface area contributed by atoms with Gasteiger partial charge in [0, 0.05) is 22.5 Å². The Bertz CT molecular complexity index is 1080. The first-order chi connectivity index (χ1) is 12.7. The molecular weight excluding hydrogens is 326 g/mol. The zero-order chi connectivity index (χ0) is 17.9.